The summed E-state index contributed by atoms with van der Waals surface area (Å²) in [4.78, 5) is 14.3. The Kier molecular flexibility index (Phi) is 6.36. The lowest BCUT2D eigenvalue weighted by Crippen LogP contribution is -2.47. The number of hydrogen-bond donors (Lipinski definition) is 2. The first-order valence-corrected chi connectivity index (χ1v) is 10.6. The van der Waals surface area contributed by atoms with Crippen LogP contribution in [-0.4, -0.2) is 27.0 Å². The van der Waals surface area contributed by atoms with Gasteiger partial charge >= 0.3 is 0 Å². The predicted octanol–water partition coefficient (Wildman–Crippen LogP) is 3.02. The molecule has 0 aliphatic carbocycles. The van der Waals surface area contributed by atoms with E-state index in [0.717, 1.165) is 10.8 Å². The van der Waals surface area contributed by atoms with Crippen LogP contribution in [0.5, 0.6) is 11.5 Å². The summed E-state index contributed by atoms with van der Waals surface area (Å²) in [5.74, 6) is 0.460. The van der Waals surface area contributed by atoms with E-state index in [2.05, 4.69) is 10.3 Å². The number of sulfonamides is 1. The van der Waals surface area contributed by atoms with Gasteiger partial charge in [-0.25, -0.2) is 8.42 Å². The van der Waals surface area contributed by atoms with Gasteiger partial charge in [-0.3, -0.25) is 10.2 Å². The maximum Gasteiger partial charge on any atom is 0.275 e. The van der Waals surface area contributed by atoms with Crippen molar-refractivity contribution in [2.45, 2.75) is 24.8 Å². The molecule has 0 saturated heterocycles. The molecule has 0 bridgehead atoms. The molecule has 0 aliphatic rings. The third-order valence-corrected chi connectivity index (χ3v) is 5.42. The summed E-state index contributed by atoms with van der Waals surface area (Å²) in [5, 5.41) is 2.04. The molecule has 1 amide bonds. The number of carbonyl (C=O) groups is 1. The lowest BCUT2D eigenvalue weighted by molar-refractivity contribution is -0.127. The number of fused-ring (bicyclic) bond motifs is 1. The van der Waals surface area contributed by atoms with E-state index in [4.69, 9.17) is 9.47 Å². The Labute approximate surface area is 169 Å². The number of carbonyl (C=O) groups excluding carboxylic acids is 1. The van der Waals surface area contributed by atoms with Crippen LogP contribution in [0.2, 0.25) is 0 Å². The van der Waals surface area contributed by atoms with Gasteiger partial charge in [0.2, 0.25) is 0 Å². The fourth-order valence-electron chi connectivity index (χ4n) is 2.66. The van der Waals surface area contributed by atoms with Gasteiger partial charge in [0.05, 0.1) is 11.5 Å². The molecule has 0 unspecified atom stereocenters. The van der Waals surface area contributed by atoms with Gasteiger partial charge in [0.25, 0.3) is 15.9 Å². The average Bonchev–Trinajstić information content (AvgIpc) is 2.72. The summed E-state index contributed by atoms with van der Waals surface area (Å²) in [6.45, 7) is 3.86. The molecule has 0 heterocycles. The second-order valence-electron chi connectivity index (χ2n) is 6.27. The molecule has 1 atom stereocenters. The molecule has 0 radical (unpaired) electrons. The molecule has 7 nitrogen and oxygen atoms in total. The van der Waals surface area contributed by atoms with Crippen molar-refractivity contribution in [1.82, 2.24) is 10.3 Å². The summed E-state index contributed by atoms with van der Waals surface area (Å²) in [5.41, 5.74) is 2.19. The highest BCUT2D eigenvalue weighted by atomic mass is 32.2. The molecule has 29 heavy (non-hydrogen) atoms. The van der Waals surface area contributed by atoms with Crippen LogP contribution >= 0.6 is 0 Å². The van der Waals surface area contributed by atoms with Crippen molar-refractivity contribution in [3.8, 4) is 11.5 Å². The van der Waals surface area contributed by atoms with Gasteiger partial charge < -0.3 is 9.47 Å². The molecule has 0 spiro atoms. The first-order valence-electron chi connectivity index (χ1n) is 9.09. The third-order valence-electron chi connectivity index (χ3n) is 4.16. The van der Waals surface area contributed by atoms with Crippen molar-refractivity contribution in [3.63, 3.8) is 0 Å². The summed E-state index contributed by atoms with van der Waals surface area (Å²) >= 11 is 0. The zero-order valence-corrected chi connectivity index (χ0v) is 16.9. The number of amides is 1. The van der Waals surface area contributed by atoms with Gasteiger partial charge in [-0.15, -0.1) is 4.83 Å². The summed E-state index contributed by atoms with van der Waals surface area (Å²) in [6, 6.07) is 19.1. The molecule has 3 rings (SSSR count). The van der Waals surface area contributed by atoms with E-state index in [1.54, 1.807) is 18.2 Å². The summed E-state index contributed by atoms with van der Waals surface area (Å²) < 4.78 is 35.6. The van der Waals surface area contributed by atoms with E-state index in [9.17, 15) is 13.2 Å². The normalized spacial score (nSPS) is 12.3. The highest BCUT2D eigenvalue weighted by molar-refractivity contribution is 7.89. The van der Waals surface area contributed by atoms with E-state index in [-0.39, 0.29) is 4.90 Å². The molecular formula is C21H22N2O5S. The van der Waals surface area contributed by atoms with Gasteiger partial charge in [0.15, 0.2) is 6.10 Å². The van der Waals surface area contributed by atoms with Crippen molar-refractivity contribution in [1.29, 1.82) is 0 Å². The van der Waals surface area contributed by atoms with Crippen LogP contribution in [0.25, 0.3) is 10.8 Å². The van der Waals surface area contributed by atoms with Crippen molar-refractivity contribution in [2.75, 3.05) is 6.61 Å². The van der Waals surface area contributed by atoms with Gasteiger partial charge in [-0.2, -0.15) is 0 Å². The molecule has 3 aromatic rings. The Morgan fingerprint density at radius 1 is 0.966 bits per heavy atom. The molecule has 152 valence electrons. The van der Waals surface area contributed by atoms with Gasteiger partial charge in [0.1, 0.15) is 11.5 Å². The van der Waals surface area contributed by atoms with E-state index in [1.807, 2.05) is 43.3 Å². The van der Waals surface area contributed by atoms with Crippen LogP contribution in [0.15, 0.2) is 71.6 Å². The van der Waals surface area contributed by atoms with Crippen LogP contribution in [0.1, 0.15) is 13.8 Å². The highest BCUT2D eigenvalue weighted by Gasteiger charge is 2.19. The molecule has 8 heteroatoms. The largest absolute Gasteiger partial charge is 0.494 e. The Morgan fingerprint density at radius 2 is 1.62 bits per heavy atom. The SMILES string of the molecule is CCOc1ccc(S(=O)(=O)NNC(=O)[C@@H](C)Oc2ccc3ccccc3c2)cc1. The maximum absolute atomic E-state index is 12.3. The van der Waals surface area contributed by atoms with Crippen LogP contribution in [-0.2, 0) is 14.8 Å². The van der Waals surface area contributed by atoms with Gasteiger partial charge in [0, 0.05) is 0 Å². The molecule has 0 fully saturated rings. The van der Waals surface area contributed by atoms with E-state index in [0.29, 0.717) is 18.1 Å². The van der Waals surface area contributed by atoms with Crippen LogP contribution in [0.3, 0.4) is 0 Å². The van der Waals surface area contributed by atoms with Crippen molar-refractivity contribution in [3.05, 3.63) is 66.7 Å². The molecule has 0 saturated carbocycles. The molecule has 2 N–H and O–H groups in total. The number of hydrogen-bond acceptors (Lipinski definition) is 5. The Bertz CT molecular complexity index is 1100. The van der Waals surface area contributed by atoms with Crippen molar-refractivity contribution in [2.24, 2.45) is 0 Å². The average molecular weight is 414 g/mol. The first-order chi connectivity index (χ1) is 13.9. The minimum atomic E-state index is -3.92. The number of ether oxygens (including phenoxy) is 2. The summed E-state index contributed by atoms with van der Waals surface area (Å²) in [7, 11) is -3.92. The fraction of sp³-hybridized carbons (Fsp3) is 0.190. The zero-order chi connectivity index (χ0) is 20.9. The standard InChI is InChI=1S/C21H22N2O5S/c1-3-27-18-10-12-20(13-11-18)29(25,26)23-22-21(24)15(2)28-19-9-8-16-6-4-5-7-17(16)14-19/h4-15,23H,3H2,1-2H3,(H,22,24)/t15-/m1/s1. The topological polar surface area (TPSA) is 93.7 Å². The Balaban J connectivity index is 1.59. The molecule has 3 aromatic carbocycles. The predicted molar refractivity (Wildman–Crippen MR) is 110 cm³/mol. The summed E-state index contributed by atoms with van der Waals surface area (Å²) in [6.07, 6.45) is -0.904. The van der Waals surface area contributed by atoms with Crippen LogP contribution < -0.4 is 19.7 Å². The monoisotopic (exact) mass is 414 g/mol. The van der Waals surface area contributed by atoms with Crippen LogP contribution in [0.4, 0.5) is 0 Å². The van der Waals surface area contributed by atoms with E-state index in [1.165, 1.54) is 19.1 Å². The van der Waals surface area contributed by atoms with E-state index < -0.39 is 22.0 Å². The van der Waals surface area contributed by atoms with Crippen LogP contribution in [0, 0.1) is 0 Å². The third kappa shape index (κ3) is 5.24. The Morgan fingerprint density at radius 3 is 2.31 bits per heavy atom. The number of rotatable bonds is 8. The first kappa shape index (κ1) is 20.6. The minimum Gasteiger partial charge on any atom is -0.494 e. The maximum atomic E-state index is 12.3. The molecule has 0 aliphatic heterocycles. The number of nitrogens with one attached hydrogen (secondary N) is 2. The number of hydrazine groups is 1. The second-order valence-corrected chi connectivity index (χ2v) is 7.95. The highest BCUT2D eigenvalue weighted by Crippen LogP contribution is 2.21. The van der Waals surface area contributed by atoms with Crippen molar-refractivity contribution < 1.29 is 22.7 Å². The van der Waals surface area contributed by atoms with Gasteiger partial charge in [-0.1, -0.05) is 30.3 Å². The lowest BCUT2D eigenvalue weighted by atomic mass is 10.1. The Hall–Kier alpha value is -3.10. The quantitative estimate of drug-likeness (QED) is 0.553. The molecular weight excluding hydrogens is 392 g/mol. The van der Waals surface area contributed by atoms with E-state index >= 15 is 0 Å². The second kappa shape index (κ2) is 8.93. The fourth-order valence-corrected chi connectivity index (χ4v) is 3.51. The lowest BCUT2D eigenvalue weighted by Gasteiger charge is -2.16. The van der Waals surface area contributed by atoms with Gasteiger partial charge in [-0.05, 0) is 61.0 Å². The smallest absolute Gasteiger partial charge is 0.275 e. The zero-order valence-electron chi connectivity index (χ0n) is 16.1. The number of benzene rings is 3. The minimum absolute atomic E-state index is 0.00403. The van der Waals surface area contributed by atoms with Crippen molar-refractivity contribution >= 4 is 26.7 Å². The molecule has 0 aromatic heterocycles.